The molecule has 0 radical (unpaired) electrons. The Hall–Kier alpha value is -2.10. The van der Waals surface area contributed by atoms with Gasteiger partial charge in [-0.15, -0.1) is 0 Å². The summed E-state index contributed by atoms with van der Waals surface area (Å²) in [6.07, 6.45) is 5.20. The lowest BCUT2D eigenvalue weighted by atomic mass is 9.62. The maximum Gasteiger partial charge on any atom is 0.307 e. The number of carboxylic acid groups (broad SMARTS) is 1. The first-order valence-corrected chi connectivity index (χ1v) is 8.26. The van der Waals surface area contributed by atoms with Gasteiger partial charge in [0.2, 0.25) is 5.91 Å². The molecular weight excluding hydrogens is 290 g/mol. The van der Waals surface area contributed by atoms with E-state index in [1.807, 2.05) is 38.1 Å². The molecule has 0 aromatic heterocycles. The Morgan fingerprint density at radius 1 is 1.09 bits per heavy atom. The fourth-order valence-corrected chi connectivity index (χ4v) is 4.66. The Morgan fingerprint density at radius 2 is 1.74 bits per heavy atom. The Kier molecular flexibility index (Phi) is 3.12. The molecule has 2 N–H and O–H groups in total. The smallest absolute Gasteiger partial charge is 0.307 e. The second-order valence-electron chi connectivity index (χ2n) is 7.30. The monoisotopic (exact) mass is 311 g/mol. The first-order chi connectivity index (χ1) is 11.0. The van der Waals surface area contributed by atoms with E-state index in [9.17, 15) is 14.7 Å². The molecule has 4 heteroatoms. The molecule has 4 aliphatic rings. The Bertz CT molecular complexity index is 723. The predicted molar refractivity (Wildman–Crippen MR) is 86.9 cm³/mol. The number of carboxylic acids is 1. The average molecular weight is 311 g/mol. The van der Waals surface area contributed by atoms with E-state index in [0.29, 0.717) is 11.8 Å². The fraction of sp³-hybridized carbons (Fsp3) is 0.474. The van der Waals surface area contributed by atoms with Crippen molar-refractivity contribution in [3.8, 4) is 0 Å². The highest BCUT2D eigenvalue weighted by molar-refractivity contribution is 5.96. The Balaban J connectivity index is 1.63. The third kappa shape index (κ3) is 2.19. The molecule has 2 fully saturated rings. The van der Waals surface area contributed by atoms with Gasteiger partial charge in [-0.1, -0.05) is 24.3 Å². The van der Waals surface area contributed by atoms with Gasteiger partial charge in [0.1, 0.15) is 0 Å². The number of nitrogens with one attached hydrogen (secondary N) is 1. The summed E-state index contributed by atoms with van der Waals surface area (Å²) >= 11 is 0. The van der Waals surface area contributed by atoms with Gasteiger partial charge in [-0.3, -0.25) is 9.59 Å². The van der Waals surface area contributed by atoms with Gasteiger partial charge >= 0.3 is 5.97 Å². The lowest BCUT2D eigenvalue weighted by Crippen LogP contribution is -2.48. The highest BCUT2D eigenvalue weighted by Crippen LogP contribution is 2.63. The third-order valence-corrected chi connectivity index (χ3v) is 5.89. The van der Waals surface area contributed by atoms with Gasteiger partial charge in [-0.05, 0) is 61.1 Å². The first-order valence-electron chi connectivity index (χ1n) is 8.26. The number of anilines is 1. The second kappa shape index (κ2) is 4.95. The molecule has 1 aromatic rings. The lowest BCUT2D eigenvalue weighted by molar-refractivity contribution is -0.152. The number of hydrogen-bond acceptors (Lipinski definition) is 2. The van der Waals surface area contributed by atoms with Crippen LogP contribution in [0.4, 0.5) is 5.69 Å². The van der Waals surface area contributed by atoms with E-state index in [1.54, 1.807) is 0 Å². The number of hydrogen-bond donors (Lipinski definition) is 2. The summed E-state index contributed by atoms with van der Waals surface area (Å²) < 4.78 is 0. The van der Waals surface area contributed by atoms with Crippen LogP contribution in [0.2, 0.25) is 0 Å². The van der Waals surface area contributed by atoms with E-state index < -0.39 is 17.8 Å². The minimum Gasteiger partial charge on any atom is -0.481 e. The molecule has 2 bridgehead atoms. The molecule has 4 nitrogen and oxygen atoms in total. The summed E-state index contributed by atoms with van der Waals surface area (Å²) in [5, 5.41) is 12.7. The van der Waals surface area contributed by atoms with Crippen molar-refractivity contribution >= 4 is 17.6 Å². The van der Waals surface area contributed by atoms with Gasteiger partial charge in [0.25, 0.3) is 0 Å². The zero-order valence-electron chi connectivity index (χ0n) is 13.3. The van der Waals surface area contributed by atoms with Crippen molar-refractivity contribution in [2.45, 2.75) is 20.3 Å². The van der Waals surface area contributed by atoms with E-state index >= 15 is 0 Å². The highest BCUT2D eigenvalue weighted by Gasteiger charge is 2.62. The van der Waals surface area contributed by atoms with Crippen LogP contribution in [0.1, 0.15) is 17.5 Å². The second-order valence-corrected chi connectivity index (χ2v) is 7.30. The minimum absolute atomic E-state index is 0.0249. The zero-order valence-corrected chi connectivity index (χ0v) is 13.3. The summed E-state index contributed by atoms with van der Waals surface area (Å²) in [5.74, 6) is -0.921. The fourth-order valence-electron chi connectivity index (χ4n) is 4.66. The van der Waals surface area contributed by atoms with Crippen LogP contribution in [0.5, 0.6) is 0 Å². The molecule has 6 atom stereocenters. The molecule has 1 amide bonds. The number of aliphatic carboxylic acids is 1. The number of amides is 1. The zero-order chi connectivity index (χ0) is 16.3. The van der Waals surface area contributed by atoms with Crippen molar-refractivity contribution in [3.05, 3.63) is 41.5 Å². The number of carbonyl (C=O) groups is 2. The quantitative estimate of drug-likeness (QED) is 0.843. The molecular formula is C19H21NO3. The van der Waals surface area contributed by atoms with Crippen molar-refractivity contribution in [2.24, 2.45) is 35.5 Å². The first kappa shape index (κ1) is 14.5. The van der Waals surface area contributed by atoms with Crippen LogP contribution in [0.3, 0.4) is 0 Å². The van der Waals surface area contributed by atoms with E-state index in [1.165, 1.54) is 0 Å². The van der Waals surface area contributed by atoms with Gasteiger partial charge in [0, 0.05) is 5.69 Å². The molecule has 0 saturated heterocycles. The average Bonchev–Trinajstić information content (AvgIpc) is 3.32. The van der Waals surface area contributed by atoms with Crippen LogP contribution in [0, 0.1) is 49.4 Å². The van der Waals surface area contributed by atoms with E-state index in [0.717, 1.165) is 23.2 Å². The van der Waals surface area contributed by atoms with Crippen molar-refractivity contribution in [1.82, 2.24) is 0 Å². The van der Waals surface area contributed by atoms with Crippen LogP contribution < -0.4 is 5.32 Å². The van der Waals surface area contributed by atoms with Crippen LogP contribution in [0.25, 0.3) is 0 Å². The van der Waals surface area contributed by atoms with Crippen molar-refractivity contribution in [2.75, 3.05) is 5.32 Å². The molecule has 0 spiro atoms. The van der Waals surface area contributed by atoms with Crippen LogP contribution in [0.15, 0.2) is 30.4 Å². The summed E-state index contributed by atoms with van der Waals surface area (Å²) in [5.41, 5.74) is 2.86. The van der Waals surface area contributed by atoms with Crippen LogP contribution >= 0.6 is 0 Å². The van der Waals surface area contributed by atoms with Gasteiger partial charge in [-0.2, -0.15) is 0 Å². The minimum atomic E-state index is -0.837. The van der Waals surface area contributed by atoms with Crippen molar-refractivity contribution < 1.29 is 14.7 Å². The molecule has 0 unspecified atom stereocenters. The SMILES string of the molecule is Cc1ccc(C)c(NC(=O)[C@@H]2[C@H]3C=C[C@@H]([C@@H]4C[C@@H]34)[C@@H]2C(=O)O)c1. The van der Waals surface area contributed by atoms with E-state index in [2.05, 4.69) is 11.4 Å². The predicted octanol–water partition coefficient (Wildman–Crippen LogP) is 3.01. The lowest BCUT2D eigenvalue weighted by Gasteiger charge is -2.41. The molecule has 120 valence electrons. The Labute approximate surface area is 135 Å². The number of benzene rings is 1. The summed E-state index contributed by atoms with van der Waals surface area (Å²) in [4.78, 5) is 24.7. The van der Waals surface area contributed by atoms with E-state index in [4.69, 9.17) is 0 Å². The summed E-state index contributed by atoms with van der Waals surface area (Å²) in [7, 11) is 0. The van der Waals surface area contributed by atoms with E-state index in [-0.39, 0.29) is 17.7 Å². The van der Waals surface area contributed by atoms with Gasteiger partial charge in [0.05, 0.1) is 11.8 Å². The van der Waals surface area contributed by atoms with Gasteiger partial charge < -0.3 is 10.4 Å². The van der Waals surface area contributed by atoms with Crippen molar-refractivity contribution in [1.29, 1.82) is 0 Å². The molecule has 4 aliphatic carbocycles. The van der Waals surface area contributed by atoms with Gasteiger partial charge in [0.15, 0.2) is 0 Å². The number of carbonyl (C=O) groups excluding carboxylic acids is 1. The van der Waals surface area contributed by atoms with Crippen LogP contribution in [-0.2, 0) is 9.59 Å². The largest absolute Gasteiger partial charge is 0.481 e. The topological polar surface area (TPSA) is 66.4 Å². The molecule has 5 rings (SSSR count). The number of rotatable bonds is 3. The number of allylic oxidation sites excluding steroid dienone is 2. The number of aryl methyl sites for hydroxylation is 2. The molecule has 23 heavy (non-hydrogen) atoms. The molecule has 0 heterocycles. The van der Waals surface area contributed by atoms with Crippen LogP contribution in [-0.4, -0.2) is 17.0 Å². The third-order valence-electron chi connectivity index (χ3n) is 5.89. The maximum absolute atomic E-state index is 12.9. The van der Waals surface area contributed by atoms with Gasteiger partial charge in [-0.25, -0.2) is 0 Å². The standard InChI is InChI=1S/C19H21NO3/c1-9-3-4-10(2)15(7-9)20-18(21)16-11-5-6-12(14-8-13(11)14)17(16)19(22)23/h3-7,11-14,16-17H,8H2,1-2H3,(H,20,21)(H,22,23)/t11-,12-,13-,14-,16+,17-/m0/s1. The van der Waals surface area contributed by atoms with Crippen molar-refractivity contribution in [3.63, 3.8) is 0 Å². The molecule has 1 aromatic carbocycles. The normalized spacial score (nSPS) is 36.4. The number of fused-ring (bicyclic) bond motifs is 1. The highest BCUT2D eigenvalue weighted by atomic mass is 16.4. The Morgan fingerprint density at radius 3 is 2.39 bits per heavy atom. The summed E-state index contributed by atoms with van der Waals surface area (Å²) in [6, 6.07) is 5.93. The summed E-state index contributed by atoms with van der Waals surface area (Å²) in [6.45, 7) is 3.93. The maximum atomic E-state index is 12.9. The molecule has 2 saturated carbocycles. The molecule has 0 aliphatic heterocycles.